The topological polar surface area (TPSA) is 36.4 Å². The minimum atomic E-state index is 0.327. The second-order valence-electron chi connectivity index (χ2n) is 9.18. The second-order valence-corrected chi connectivity index (χ2v) is 10.2. The van der Waals surface area contributed by atoms with Crippen molar-refractivity contribution < 1.29 is 4.79 Å². The summed E-state index contributed by atoms with van der Waals surface area (Å²) in [7, 11) is 2.24. The number of hydrogen-bond donors (Lipinski definition) is 0. The third-order valence-electron chi connectivity index (χ3n) is 6.84. The van der Waals surface area contributed by atoms with Gasteiger partial charge in [-0.25, -0.2) is 0 Å². The predicted molar refractivity (Wildman–Crippen MR) is 136 cm³/mol. The lowest BCUT2D eigenvalue weighted by molar-refractivity contribution is -0.133. The molecule has 4 nitrogen and oxygen atoms in total. The molecule has 0 saturated carbocycles. The summed E-state index contributed by atoms with van der Waals surface area (Å²) < 4.78 is 0. The Balaban J connectivity index is 1.33. The number of benzene rings is 1. The first-order valence-corrected chi connectivity index (χ1v) is 13.0. The highest BCUT2D eigenvalue weighted by Crippen LogP contribution is 2.28. The fraction of sp³-hybridized carbons (Fsp3) is 0.429. The molecule has 4 rings (SSSR count). The van der Waals surface area contributed by atoms with E-state index in [0.717, 1.165) is 51.7 Å². The molecule has 5 heteroatoms. The molecule has 3 heterocycles. The van der Waals surface area contributed by atoms with Crippen molar-refractivity contribution in [3.8, 4) is 0 Å². The van der Waals surface area contributed by atoms with Crippen LogP contribution in [0.25, 0.3) is 0 Å². The van der Waals surface area contributed by atoms with E-state index in [1.54, 1.807) is 11.3 Å². The van der Waals surface area contributed by atoms with Crippen LogP contribution in [0.1, 0.15) is 41.7 Å². The van der Waals surface area contributed by atoms with Crippen molar-refractivity contribution in [3.05, 3.63) is 88.4 Å². The lowest BCUT2D eigenvalue weighted by atomic mass is 9.84. The Kier molecular flexibility index (Phi) is 8.67. The molecule has 0 N–H and O–H groups in total. The van der Waals surface area contributed by atoms with E-state index in [4.69, 9.17) is 0 Å². The van der Waals surface area contributed by atoms with Crippen LogP contribution in [0.3, 0.4) is 0 Å². The molecule has 174 valence electrons. The number of hydrogen-bond acceptors (Lipinski definition) is 4. The number of piperidine rings is 1. The van der Waals surface area contributed by atoms with E-state index < -0.39 is 0 Å². The molecule has 1 unspecified atom stereocenters. The van der Waals surface area contributed by atoms with Crippen LogP contribution >= 0.6 is 11.3 Å². The third kappa shape index (κ3) is 6.99. The van der Waals surface area contributed by atoms with Gasteiger partial charge in [0.05, 0.1) is 0 Å². The molecular weight excluding hydrogens is 426 g/mol. The zero-order valence-corrected chi connectivity index (χ0v) is 20.4. The summed E-state index contributed by atoms with van der Waals surface area (Å²) in [6.45, 7) is 2.66. The van der Waals surface area contributed by atoms with Crippen LogP contribution in [0.5, 0.6) is 0 Å². The maximum Gasteiger partial charge on any atom is 0.222 e. The molecule has 0 bridgehead atoms. The van der Waals surface area contributed by atoms with E-state index in [1.807, 2.05) is 18.5 Å². The van der Waals surface area contributed by atoms with Crippen molar-refractivity contribution in [2.24, 2.45) is 5.92 Å². The van der Waals surface area contributed by atoms with Crippen molar-refractivity contribution in [2.75, 3.05) is 20.1 Å². The van der Waals surface area contributed by atoms with Crippen LogP contribution < -0.4 is 0 Å². The van der Waals surface area contributed by atoms with E-state index in [-0.39, 0.29) is 0 Å². The van der Waals surface area contributed by atoms with Crippen molar-refractivity contribution in [1.29, 1.82) is 0 Å². The summed E-state index contributed by atoms with van der Waals surface area (Å²) in [5.41, 5.74) is 2.63. The molecule has 3 aromatic rings. The number of carbonyl (C=O) groups excluding carboxylic acids is 1. The summed E-state index contributed by atoms with van der Waals surface area (Å²) in [5, 5.41) is 2.11. The van der Waals surface area contributed by atoms with Gasteiger partial charge in [-0.2, -0.15) is 0 Å². The van der Waals surface area contributed by atoms with Gasteiger partial charge in [0.25, 0.3) is 0 Å². The number of likely N-dealkylation sites (tertiary alicyclic amines) is 1. The Labute approximate surface area is 202 Å². The fourth-order valence-corrected chi connectivity index (χ4v) is 5.75. The molecule has 1 saturated heterocycles. The second kappa shape index (κ2) is 12.1. The minimum absolute atomic E-state index is 0.327. The lowest BCUT2D eigenvalue weighted by Crippen LogP contribution is -2.46. The Bertz CT molecular complexity index is 953. The summed E-state index contributed by atoms with van der Waals surface area (Å²) in [4.78, 5) is 23.0. The van der Waals surface area contributed by atoms with Crippen LogP contribution in [0.2, 0.25) is 0 Å². The molecule has 1 amide bonds. The van der Waals surface area contributed by atoms with Crippen molar-refractivity contribution in [2.45, 2.75) is 51.1 Å². The molecule has 1 aliphatic heterocycles. The van der Waals surface area contributed by atoms with Gasteiger partial charge in [0.2, 0.25) is 5.91 Å². The molecule has 0 radical (unpaired) electrons. The number of aryl methyl sites for hydroxylation is 1. The van der Waals surface area contributed by atoms with Gasteiger partial charge in [-0.05, 0) is 73.7 Å². The highest BCUT2D eigenvalue weighted by Gasteiger charge is 2.30. The third-order valence-corrected chi connectivity index (χ3v) is 7.78. The van der Waals surface area contributed by atoms with E-state index in [2.05, 4.69) is 75.7 Å². The number of thiophene rings is 1. The van der Waals surface area contributed by atoms with Crippen LogP contribution in [0.4, 0.5) is 0 Å². The zero-order chi connectivity index (χ0) is 22.9. The fourth-order valence-electron chi connectivity index (χ4n) is 5.00. The summed E-state index contributed by atoms with van der Waals surface area (Å²) in [6.07, 6.45) is 9.61. The van der Waals surface area contributed by atoms with E-state index in [0.29, 0.717) is 24.3 Å². The molecule has 1 aromatic carbocycles. The normalized spacial score (nSPS) is 15.6. The molecule has 33 heavy (non-hydrogen) atoms. The van der Waals surface area contributed by atoms with Gasteiger partial charge in [-0.3, -0.25) is 14.7 Å². The van der Waals surface area contributed by atoms with E-state index in [9.17, 15) is 4.79 Å². The van der Waals surface area contributed by atoms with Crippen LogP contribution in [-0.4, -0.2) is 46.9 Å². The van der Waals surface area contributed by atoms with Crippen LogP contribution in [-0.2, 0) is 24.2 Å². The number of likely N-dealkylation sites (N-methyl/N-ethyl adjacent to an activating group) is 1. The van der Waals surface area contributed by atoms with Gasteiger partial charge in [0.15, 0.2) is 0 Å². The molecule has 0 spiro atoms. The number of amides is 1. The van der Waals surface area contributed by atoms with Crippen LogP contribution in [0, 0.1) is 5.92 Å². The molecule has 1 aliphatic rings. The van der Waals surface area contributed by atoms with Gasteiger partial charge >= 0.3 is 0 Å². The maximum absolute atomic E-state index is 12.8. The number of aromatic nitrogens is 1. The quantitative estimate of drug-likeness (QED) is 0.403. The van der Waals surface area contributed by atoms with E-state index in [1.165, 1.54) is 16.0 Å². The maximum atomic E-state index is 12.8. The SMILES string of the molecule is CN(Cc1cccnc1)C(Cc1ccccc1)C1CCN(C(=O)CCCc2cccs2)CC1. The summed E-state index contributed by atoms with van der Waals surface area (Å²) in [5.74, 6) is 0.912. The average molecular weight is 462 g/mol. The Hall–Kier alpha value is -2.50. The Morgan fingerprint density at radius 3 is 2.58 bits per heavy atom. The molecule has 1 atom stereocenters. The van der Waals surface area contributed by atoms with E-state index >= 15 is 0 Å². The van der Waals surface area contributed by atoms with Gasteiger partial charge in [-0.15, -0.1) is 11.3 Å². The molecular formula is C28H35N3OS. The smallest absolute Gasteiger partial charge is 0.222 e. The number of nitrogens with zero attached hydrogens (tertiary/aromatic N) is 3. The molecule has 0 aliphatic carbocycles. The number of carbonyl (C=O) groups is 1. The summed E-state index contributed by atoms with van der Waals surface area (Å²) in [6, 6.07) is 19.7. The van der Waals surface area contributed by atoms with Gasteiger partial charge < -0.3 is 4.90 Å². The van der Waals surface area contributed by atoms with Crippen molar-refractivity contribution >= 4 is 17.2 Å². The van der Waals surface area contributed by atoms with Crippen LogP contribution in [0.15, 0.2) is 72.4 Å². The molecule has 1 fully saturated rings. The predicted octanol–water partition coefficient (Wildman–Crippen LogP) is 5.45. The highest BCUT2D eigenvalue weighted by atomic mass is 32.1. The molecule has 2 aromatic heterocycles. The van der Waals surface area contributed by atoms with Gasteiger partial charge in [-0.1, -0.05) is 42.5 Å². The van der Waals surface area contributed by atoms with Gasteiger partial charge in [0.1, 0.15) is 0 Å². The van der Waals surface area contributed by atoms with Gasteiger partial charge in [0, 0.05) is 49.4 Å². The highest BCUT2D eigenvalue weighted by molar-refractivity contribution is 7.09. The Morgan fingerprint density at radius 2 is 1.88 bits per heavy atom. The van der Waals surface area contributed by atoms with Crippen molar-refractivity contribution in [3.63, 3.8) is 0 Å². The Morgan fingerprint density at radius 1 is 1.09 bits per heavy atom. The first-order valence-electron chi connectivity index (χ1n) is 12.1. The zero-order valence-electron chi connectivity index (χ0n) is 19.6. The number of rotatable bonds is 10. The summed E-state index contributed by atoms with van der Waals surface area (Å²) >= 11 is 1.78. The standard InChI is InChI=1S/C28H35N3OS/c1-30(22-24-10-6-16-29-21-24)27(20-23-8-3-2-4-9-23)25-14-17-31(18-15-25)28(32)13-5-11-26-12-7-19-33-26/h2-4,6-10,12,16,19,21,25,27H,5,11,13-15,17-18,20,22H2,1H3. The lowest BCUT2D eigenvalue weighted by Gasteiger charge is -2.40. The first-order chi connectivity index (χ1) is 16.2. The largest absolute Gasteiger partial charge is 0.343 e. The van der Waals surface area contributed by atoms with Crippen molar-refractivity contribution in [1.82, 2.24) is 14.8 Å². The minimum Gasteiger partial charge on any atom is -0.343 e. The first kappa shape index (κ1) is 23.7. The number of pyridine rings is 1. The monoisotopic (exact) mass is 461 g/mol. The average Bonchev–Trinajstić information content (AvgIpc) is 3.37.